The SMILES string of the molecule is CC(C)(C)[C@@H](N)c1cc(O)[nH]c(=O)c1. The number of aromatic nitrogens is 1. The van der Waals surface area contributed by atoms with Crippen molar-refractivity contribution in [2.75, 3.05) is 0 Å². The summed E-state index contributed by atoms with van der Waals surface area (Å²) in [6.07, 6.45) is 0. The molecule has 4 N–H and O–H groups in total. The van der Waals surface area contributed by atoms with Crippen LogP contribution in [0.15, 0.2) is 16.9 Å². The van der Waals surface area contributed by atoms with Gasteiger partial charge in [-0.3, -0.25) is 9.78 Å². The molecule has 0 aliphatic carbocycles. The third-order valence-electron chi connectivity index (χ3n) is 2.14. The highest BCUT2D eigenvalue weighted by Gasteiger charge is 2.22. The highest BCUT2D eigenvalue weighted by atomic mass is 16.3. The predicted molar refractivity (Wildman–Crippen MR) is 55.1 cm³/mol. The molecule has 0 amide bonds. The lowest BCUT2D eigenvalue weighted by Gasteiger charge is -2.27. The summed E-state index contributed by atoms with van der Waals surface area (Å²) in [6, 6.07) is 2.63. The lowest BCUT2D eigenvalue weighted by Crippen LogP contribution is -2.27. The first-order chi connectivity index (χ1) is 6.30. The Morgan fingerprint density at radius 3 is 2.43 bits per heavy atom. The first-order valence-corrected chi connectivity index (χ1v) is 4.49. The zero-order valence-electron chi connectivity index (χ0n) is 8.66. The smallest absolute Gasteiger partial charge is 0.251 e. The van der Waals surface area contributed by atoms with Gasteiger partial charge in [-0.05, 0) is 11.0 Å². The average Bonchev–Trinajstić information content (AvgIpc) is 1.99. The molecule has 78 valence electrons. The molecule has 0 unspecified atom stereocenters. The van der Waals surface area contributed by atoms with E-state index in [1.165, 1.54) is 12.1 Å². The van der Waals surface area contributed by atoms with E-state index in [0.717, 1.165) is 0 Å². The molecule has 4 nitrogen and oxygen atoms in total. The third-order valence-corrected chi connectivity index (χ3v) is 2.14. The Labute approximate surface area is 82.8 Å². The molecule has 0 radical (unpaired) electrons. The maximum Gasteiger partial charge on any atom is 0.251 e. The van der Waals surface area contributed by atoms with Crippen LogP contribution in [-0.2, 0) is 0 Å². The van der Waals surface area contributed by atoms with Gasteiger partial charge in [-0.25, -0.2) is 0 Å². The summed E-state index contributed by atoms with van der Waals surface area (Å²) >= 11 is 0. The number of hydrogen-bond acceptors (Lipinski definition) is 3. The van der Waals surface area contributed by atoms with Gasteiger partial charge in [0.05, 0.1) is 0 Å². The van der Waals surface area contributed by atoms with Crippen LogP contribution >= 0.6 is 0 Å². The number of rotatable bonds is 1. The molecule has 1 aromatic heterocycles. The molecule has 4 heteroatoms. The molecular weight excluding hydrogens is 180 g/mol. The lowest BCUT2D eigenvalue weighted by molar-refractivity contribution is 0.325. The normalized spacial score (nSPS) is 14.0. The topological polar surface area (TPSA) is 79.1 Å². The number of aromatic amines is 1. The van der Waals surface area contributed by atoms with Gasteiger partial charge in [0.15, 0.2) is 5.88 Å². The highest BCUT2D eigenvalue weighted by molar-refractivity contribution is 5.23. The maximum absolute atomic E-state index is 11.1. The molecule has 0 bridgehead atoms. The highest BCUT2D eigenvalue weighted by Crippen LogP contribution is 2.30. The molecule has 0 saturated heterocycles. The maximum atomic E-state index is 11.1. The molecule has 1 atom stereocenters. The fourth-order valence-corrected chi connectivity index (χ4v) is 1.23. The first kappa shape index (κ1) is 10.8. The molecule has 1 rings (SSSR count). The monoisotopic (exact) mass is 196 g/mol. The zero-order chi connectivity index (χ0) is 10.9. The Morgan fingerprint density at radius 1 is 1.43 bits per heavy atom. The van der Waals surface area contributed by atoms with Gasteiger partial charge in [-0.1, -0.05) is 20.8 Å². The average molecular weight is 196 g/mol. The number of nitrogens with one attached hydrogen (secondary N) is 1. The van der Waals surface area contributed by atoms with Crippen LogP contribution in [0.1, 0.15) is 32.4 Å². The molecule has 14 heavy (non-hydrogen) atoms. The van der Waals surface area contributed by atoms with E-state index in [-0.39, 0.29) is 22.9 Å². The van der Waals surface area contributed by atoms with Crippen molar-refractivity contribution < 1.29 is 5.11 Å². The van der Waals surface area contributed by atoms with Crippen LogP contribution in [0.25, 0.3) is 0 Å². The largest absolute Gasteiger partial charge is 0.495 e. The molecule has 0 fully saturated rings. The van der Waals surface area contributed by atoms with Crippen molar-refractivity contribution >= 4 is 0 Å². The summed E-state index contributed by atoms with van der Waals surface area (Å²) in [7, 11) is 0. The van der Waals surface area contributed by atoms with Crippen LogP contribution in [-0.4, -0.2) is 10.1 Å². The number of aromatic hydroxyl groups is 1. The second kappa shape index (κ2) is 3.46. The number of H-pyrrole nitrogens is 1. The van der Waals surface area contributed by atoms with Crippen LogP contribution in [0.4, 0.5) is 0 Å². The van der Waals surface area contributed by atoms with E-state index >= 15 is 0 Å². The summed E-state index contributed by atoms with van der Waals surface area (Å²) in [4.78, 5) is 13.3. The van der Waals surface area contributed by atoms with Gasteiger partial charge in [-0.15, -0.1) is 0 Å². The first-order valence-electron chi connectivity index (χ1n) is 4.49. The predicted octanol–water partition coefficient (Wildman–Crippen LogP) is 1.13. The molecule has 1 aromatic rings. The summed E-state index contributed by atoms with van der Waals surface area (Å²) in [5.41, 5.74) is 6.13. The molecular formula is C10H16N2O2. The lowest BCUT2D eigenvalue weighted by atomic mass is 9.83. The van der Waals surface area contributed by atoms with Gasteiger partial charge in [-0.2, -0.15) is 0 Å². The summed E-state index contributed by atoms with van der Waals surface area (Å²) in [6.45, 7) is 5.95. The van der Waals surface area contributed by atoms with Crippen molar-refractivity contribution in [3.05, 3.63) is 28.0 Å². The third kappa shape index (κ3) is 2.35. The molecule has 0 aliphatic rings. The van der Waals surface area contributed by atoms with Gasteiger partial charge in [0.2, 0.25) is 0 Å². The van der Waals surface area contributed by atoms with Crippen molar-refractivity contribution in [3.8, 4) is 5.88 Å². The van der Waals surface area contributed by atoms with E-state index in [4.69, 9.17) is 5.73 Å². The molecule has 0 saturated carbocycles. The Hall–Kier alpha value is -1.29. The van der Waals surface area contributed by atoms with E-state index in [1.54, 1.807) is 0 Å². The minimum absolute atomic E-state index is 0.139. The van der Waals surface area contributed by atoms with Crippen LogP contribution in [0, 0.1) is 5.41 Å². The summed E-state index contributed by atoms with van der Waals surface area (Å²) in [5, 5.41) is 9.20. The van der Waals surface area contributed by atoms with E-state index in [2.05, 4.69) is 4.98 Å². The van der Waals surface area contributed by atoms with Crippen molar-refractivity contribution in [2.45, 2.75) is 26.8 Å². The standard InChI is InChI=1S/C10H16N2O2/c1-10(2,3)9(11)6-4-7(13)12-8(14)5-6/h4-5,9H,11H2,1-3H3,(H2,12,13,14)/t9-/m0/s1. The Morgan fingerprint density at radius 2 is 2.00 bits per heavy atom. The van der Waals surface area contributed by atoms with E-state index in [0.29, 0.717) is 5.56 Å². The summed E-state index contributed by atoms with van der Waals surface area (Å²) < 4.78 is 0. The molecule has 0 aromatic carbocycles. The van der Waals surface area contributed by atoms with Crippen molar-refractivity contribution in [1.29, 1.82) is 0 Å². The van der Waals surface area contributed by atoms with Crippen LogP contribution in [0.5, 0.6) is 5.88 Å². The van der Waals surface area contributed by atoms with E-state index in [9.17, 15) is 9.90 Å². The Kier molecular flexibility index (Phi) is 2.66. The Balaban J connectivity index is 3.14. The van der Waals surface area contributed by atoms with Crippen LogP contribution < -0.4 is 11.3 Å². The quantitative estimate of drug-likeness (QED) is 0.630. The van der Waals surface area contributed by atoms with Gasteiger partial charge >= 0.3 is 0 Å². The number of pyridine rings is 1. The second-order valence-electron chi connectivity index (χ2n) is 4.51. The van der Waals surface area contributed by atoms with Gasteiger partial charge in [0.1, 0.15) is 0 Å². The minimum Gasteiger partial charge on any atom is -0.495 e. The van der Waals surface area contributed by atoms with Crippen LogP contribution in [0.3, 0.4) is 0 Å². The number of nitrogens with two attached hydrogens (primary N) is 1. The molecule has 0 aliphatic heterocycles. The molecule has 1 heterocycles. The van der Waals surface area contributed by atoms with Gasteiger partial charge in [0, 0.05) is 18.2 Å². The Bertz CT molecular complexity index is 376. The van der Waals surface area contributed by atoms with Crippen molar-refractivity contribution in [3.63, 3.8) is 0 Å². The summed E-state index contributed by atoms with van der Waals surface area (Å²) in [5.74, 6) is -0.146. The zero-order valence-corrected chi connectivity index (χ0v) is 8.66. The molecule has 0 spiro atoms. The van der Waals surface area contributed by atoms with Crippen molar-refractivity contribution in [2.24, 2.45) is 11.1 Å². The second-order valence-corrected chi connectivity index (χ2v) is 4.51. The minimum atomic E-state index is -0.334. The van der Waals surface area contributed by atoms with Gasteiger partial charge < -0.3 is 10.8 Å². The van der Waals surface area contributed by atoms with Gasteiger partial charge in [0.25, 0.3) is 5.56 Å². The van der Waals surface area contributed by atoms with Crippen LogP contribution in [0.2, 0.25) is 0 Å². The van der Waals surface area contributed by atoms with E-state index in [1.807, 2.05) is 20.8 Å². The number of hydrogen-bond donors (Lipinski definition) is 3. The van der Waals surface area contributed by atoms with E-state index < -0.39 is 0 Å². The fraction of sp³-hybridized carbons (Fsp3) is 0.500. The van der Waals surface area contributed by atoms with Crippen molar-refractivity contribution in [1.82, 2.24) is 4.98 Å². The fourth-order valence-electron chi connectivity index (χ4n) is 1.23.